The van der Waals surface area contributed by atoms with Gasteiger partial charge in [-0.2, -0.15) is 5.10 Å². The van der Waals surface area contributed by atoms with Gasteiger partial charge in [-0.1, -0.05) is 26.0 Å². The minimum atomic E-state index is -0.557. The molecule has 0 aliphatic carbocycles. The summed E-state index contributed by atoms with van der Waals surface area (Å²) in [6, 6.07) is 9.31. The molecule has 0 fully saturated rings. The Bertz CT molecular complexity index is 991. The van der Waals surface area contributed by atoms with Crippen molar-refractivity contribution in [2.45, 2.75) is 39.8 Å². The van der Waals surface area contributed by atoms with Crippen LogP contribution in [-0.4, -0.2) is 50.8 Å². The third kappa shape index (κ3) is 4.44. The summed E-state index contributed by atoms with van der Waals surface area (Å²) in [5.74, 6) is -0.0320. The maximum atomic E-state index is 12.6. The predicted molar refractivity (Wildman–Crippen MR) is 117 cm³/mol. The number of rotatable bonds is 5. The number of nitrogens with one attached hydrogen (secondary N) is 1. The van der Waals surface area contributed by atoms with Crippen molar-refractivity contribution in [3.8, 4) is 0 Å². The van der Waals surface area contributed by atoms with Gasteiger partial charge in [0.1, 0.15) is 0 Å². The lowest BCUT2D eigenvalue weighted by Crippen LogP contribution is -2.44. The number of carbonyl (C=O) groups excluding carboxylic acids is 2. The topological polar surface area (TPSA) is 98.1 Å². The highest BCUT2D eigenvalue weighted by Gasteiger charge is 2.37. The highest BCUT2D eigenvalue weighted by Crippen LogP contribution is 2.31. The molecule has 3 amide bonds. The van der Waals surface area contributed by atoms with E-state index in [1.807, 2.05) is 44.2 Å². The molecular weight excluding hydrogens is 394 g/mol. The minimum absolute atomic E-state index is 0.0159. The van der Waals surface area contributed by atoms with E-state index in [2.05, 4.69) is 15.4 Å². The molecule has 1 aromatic heterocycles. The van der Waals surface area contributed by atoms with Gasteiger partial charge >= 0.3 is 6.03 Å². The van der Waals surface area contributed by atoms with Crippen LogP contribution in [0.2, 0.25) is 0 Å². The van der Waals surface area contributed by atoms with E-state index in [9.17, 15) is 9.59 Å². The molecule has 1 aromatic carbocycles. The maximum Gasteiger partial charge on any atom is 0.322 e. The average molecular weight is 422 g/mol. The Morgan fingerprint density at radius 1 is 1.16 bits per heavy atom. The number of benzene rings is 1. The fourth-order valence-corrected chi connectivity index (χ4v) is 3.91. The van der Waals surface area contributed by atoms with Gasteiger partial charge in [0, 0.05) is 50.7 Å². The van der Waals surface area contributed by atoms with Crippen LogP contribution in [0.4, 0.5) is 10.5 Å². The normalized spacial score (nSPS) is 17.4. The number of hydrogen-bond acceptors (Lipinski definition) is 5. The Hall–Kier alpha value is -3.26. The minimum Gasteiger partial charge on any atom is -0.396 e. The molecular formula is C23H27N5O3. The van der Waals surface area contributed by atoms with Crippen molar-refractivity contribution in [2.75, 3.05) is 18.5 Å². The van der Waals surface area contributed by atoms with E-state index in [4.69, 9.17) is 5.11 Å². The van der Waals surface area contributed by atoms with Gasteiger partial charge in [-0.25, -0.2) is 9.80 Å². The van der Waals surface area contributed by atoms with E-state index in [1.54, 1.807) is 17.3 Å². The first kappa shape index (κ1) is 21.0. The average Bonchev–Trinajstić information content (AvgIpc) is 3.20. The summed E-state index contributed by atoms with van der Waals surface area (Å²) in [5.41, 5.74) is 4.07. The summed E-state index contributed by atoms with van der Waals surface area (Å²) in [5, 5.41) is 18.0. The largest absolute Gasteiger partial charge is 0.396 e. The second-order valence-corrected chi connectivity index (χ2v) is 8.62. The second-order valence-electron chi connectivity index (χ2n) is 8.62. The number of amides is 3. The first-order chi connectivity index (χ1) is 14.9. The quantitative estimate of drug-likeness (QED) is 0.775. The Balaban J connectivity index is 1.44. The van der Waals surface area contributed by atoms with Crippen molar-refractivity contribution in [3.63, 3.8) is 0 Å². The smallest absolute Gasteiger partial charge is 0.322 e. The number of carbonyl (C=O) groups is 2. The summed E-state index contributed by atoms with van der Waals surface area (Å²) in [4.78, 5) is 31.1. The zero-order chi connectivity index (χ0) is 22.0. The van der Waals surface area contributed by atoms with Crippen molar-refractivity contribution in [1.82, 2.24) is 14.9 Å². The molecule has 0 saturated carbocycles. The number of aliphatic hydroxyl groups excluding tert-OH is 1. The lowest BCUT2D eigenvalue weighted by Gasteiger charge is -2.34. The molecule has 0 saturated heterocycles. The van der Waals surface area contributed by atoms with Gasteiger partial charge in [0.25, 0.3) is 0 Å². The summed E-state index contributed by atoms with van der Waals surface area (Å²) >= 11 is 0. The van der Waals surface area contributed by atoms with Gasteiger partial charge < -0.3 is 15.3 Å². The van der Waals surface area contributed by atoms with Crippen LogP contribution in [0.3, 0.4) is 0 Å². The number of hydrazone groups is 1. The summed E-state index contributed by atoms with van der Waals surface area (Å²) in [6.07, 6.45) is 4.57. The van der Waals surface area contributed by atoms with Crippen molar-refractivity contribution in [1.29, 1.82) is 0 Å². The number of urea groups is 1. The number of anilines is 1. The number of nitrogens with zero attached hydrogens (tertiary/aromatic N) is 4. The van der Waals surface area contributed by atoms with Gasteiger partial charge in [0.15, 0.2) is 0 Å². The van der Waals surface area contributed by atoms with Gasteiger partial charge in [0.2, 0.25) is 5.91 Å². The van der Waals surface area contributed by atoms with Gasteiger partial charge in [-0.05, 0) is 41.3 Å². The highest BCUT2D eigenvalue weighted by molar-refractivity contribution is 6.06. The molecule has 0 radical (unpaired) electrons. The SMILES string of the molecule is CC1(C)CC(c2ccc(NC(=O)N3Cc4ccncc4C3)cc2)=NN(CCCO)C1=O. The number of aromatic nitrogens is 1. The number of fused-ring (bicyclic) bond motifs is 1. The zero-order valence-electron chi connectivity index (χ0n) is 17.8. The fourth-order valence-electron chi connectivity index (χ4n) is 3.91. The predicted octanol–water partition coefficient (Wildman–Crippen LogP) is 2.97. The summed E-state index contributed by atoms with van der Waals surface area (Å²) in [6.45, 7) is 5.36. The van der Waals surface area contributed by atoms with E-state index in [0.29, 0.717) is 38.2 Å². The maximum absolute atomic E-state index is 12.6. The van der Waals surface area contributed by atoms with Crippen molar-refractivity contribution in [3.05, 3.63) is 59.4 Å². The molecule has 0 spiro atoms. The van der Waals surface area contributed by atoms with E-state index in [0.717, 1.165) is 22.4 Å². The number of pyridine rings is 1. The monoisotopic (exact) mass is 421 g/mol. The Labute approximate surface area is 181 Å². The van der Waals surface area contributed by atoms with E-state index in [1.165, 1.54) is 5.01 Å². The third-order valence-corrected chi connectivity index (χ3v) is 5.68. The molecule has 31 heavy (non-hydrogen) atoms. The van der Waals surface area contributed by atoms with Gasteiger partial charge in [-0.15, -0.1) is 0 Å². The number of hydrogen-bond donors (Lipinski definition) is 2. The van der Waals surface area contributed by atoms with Crippen LogP contribution in [0, 0.1) is 5.41 Å². The molecule has 0 unspecified atom stereocenters. The van der Waals surface area contributed by atoms with Crippen LogP contribution >= 0.6 is 0 Å². The zero-order valence-corrected chi connectivity index (χ0v) is 17.8. The van der Waals surface area contributed by atoms with Crippen LogP contribution in [0.15, 0.2) is 47.8 Å². The highest BCUT2D eigenvalue weighted by atomic mass is 16.3. The van der Waals surface area contributed by atoms with Gasteiger partial charge in [0.05, 0.1) is 11.1 Å². The third-order valence-electron chi connectivity index (χ3n) is 5.68. The van der Waals surface area contributed by atoms with E-state index < -0.39 is 5.41 Å². The van der Waals surface area contributed by atoms with E-state index in [-0.39, 0.29) is 18.5 Å². The van der Waals surface area contributed by atoms with Crippen LogP contribution in [0.25, 0.3) is 0 Å². The van der Waals surface area contributed by atoms with Crippen LogP contribution in [0.1, 0.15) is 43.4 Å². The molecule has 0 atom stereocenters. The van der Waals surface area contributed by atoms with Crippen LogP contribution in [-0.2, 0) is 17.9 Å². The second kappa shape index (κ2) is 8.47. The molecule has 2 aliphatic rings. The molecule has 162 valence electrons. The molecule has 8 nitrogen and oxygen atoms in total. The lowest BCUT2D eigenvalue weighted by molar-refractivity contribution is -0.141. The fraction of sp³-hybridized carbons (Fsp3) is 0.391. The Morgan fingerprint density at radius 3 is 2.61 bits per heavy atom. The molecule has 8 heteroatoms. The standard InChI is InChI=1S/C23H27N5O3/c1-23(2)12-20(26-28(21(23)30)10-3-11-29)16-4-6-19(7-5-16)25-22(31)27-14-17-8-9-24-13-18(17)15-27/h4-9,13,29H,3,10-12,14-15H2,1-2H3,(H,25,31). The summed E-state index contributed by atoms with van der Waals surface area (Å²) < 4.78 is 0. The molecule has 4 rings (SSSR count). The molecule has 2 aromatic rings. The molecule has 3 heterocycles. The van der Waals surface area contributed by atoms with Crippen molar-refractivity contribution < 1.29 is 14.7 Å². The van der Waals surface area contributed by atoms with Gasteiger partial charge in [-0.3, -0.25) is 9.78 Å². The molecule has 2 aliphatic heterocycles. The lowest BCUT2D eigenvalue weighted by atomic mass is 9.82. The van der Waals surface area contributed by atoms with Crippen molar-refractivity contribution >= 4 is 23.3 Å². The summed E-state index contributed by atoms with van der Waals surface area (Å²) in [7, 11) is 0. The first-order valence-corrected chi connectivity index (χ1v) is 10.5. The molecule has 2 N–H and O–H groups in total. The van der Waals surface area contributed by atoms with Crippen LogP contribution in [0.5, 0.6) is 0 Å². The Morgan fingerprint density at radius 2 is 1.90 bits per heavy atom. The van der Waals surface area contributed by atoms with Crippen molar-refractivity contribution in [2.24, 2.45) is 10.5 Å². The van der Waals surface area contributed by atoms with Crippen LogP contribution < -0.4 is 5.32 Å². The first-order valence-electron chi connectivity index (χ1n) is 10.5. The number of aliphatic hydroxyl groups is 1. The molecule has 0 bridgehead atoms. The Kier molecular flexibility index (Phi) is 5.73. The van der Waals surface area contributed by atoms with E-state index >= 15 is 0 Å².